The molecule has 0 atom stereocenters. The van der Waals surface area contributed by atoms with Gasteiger partial charge in [-0.2, -0.15) is 0 Å². The molecule has 0 bridgehead atoms. The van der Waals surface area contributed by atoms with Gasteiger partial charge in [0.05, 0.1) is 5.41 Å². The average Bonchev–Trinajstić information content (AvgIpc) is 2.90. The van der Waals surface area contributed by atoms with E-state index in [0.29, 0.717) is 58.2 Å². The Morgan fingerprint density at radius 1 is 0.943 bits per heavy atom. The van der Waals surface area contributed by atoms with E-state index < -0.39 is 5.41 Å². The van der Waals surface area contributed by atoms with Gasteiger partial charge in [0.2, 0.25) is 11.8 Å². The maximum Gasteiger partial charge on any atom is 0.230 e. The van der Waals surface area contributed by atoms with Crippen molar-refractivity contribution in [3.05, 3.63) is 94.8 Å². The van der Waals surface area contributed by atoms with E-state index >= 15 is 0 Å². The molecule has 1 aliphatic carbocycles. The van der Waals surface area contributed by atoms with E-state index in [2.05, 4.69) is 36.5 Å². The normalized spacial score (nSPS) is 17.4. The van der Waals surface area contributed by atoms with Crippen molar-refractivity contribution in [1.82, 2.24) is 10.2 Å². The molecule has 0 unspecified atom stereocenters. The van der Waals surface area contributed by atoms with E-state index in [0.717, 1.165) is 17.6 Å². The zero-order valence-corrected chi connectivity index (χ0v) is 20.6. The fourth-order valence-electron chi connectivity index (χ4n) is 5.08. The van der Waals surface area contributed by atoms with E-state index in [1.54, 1.807) is 0 Å². The number of nitrogens with one attached hydrogen (secondary N) is 1. The maximum atomic E-state index is 13.5. The van der Waals surface area contributed by atoms with Crippen LogP contribution < -0.4 is 5.32 Å². The second kappa shape index (κ2) is 11.5. The fourth-order valence-corrected chi connectivity index (χ4v) is 5.08. The van der Waals surface area contributed by atoms with Gasteiger partial charge in [0.25, 0.3) is 0 Å². The molecule has 2 aliphatic rings. The smallest absolute Gasteiger partial charge is 0.230 e. The number of carbonyl (C=O) groups is 2. The lowest BCUT2D eigenvalue weighted by atomic mass is 9.72. The highest BCUT2D eigenvalue weighted by atomic mass is 19.1. The van der Waals surface area contributed by atoms with Gasteiger partial charge in [0, 0.05) is 32.5 Å². The molecule has 4 nitrogen and oxygen atoms in total. The summed E-state index contributed by atoms with van der Waals surface area (Å²) in [5.74, 6) is 0.0666. The Labute approximate surface area is 207 Å². The molecule has 2 amide bonds. The van der Waals surface area contributed by atoms with E-state index in [1.165, 1.54) is 17.2 Å². The number of aryl methyl sites for hydroxylation is 1. The van der Waals surface area contributed by atoms with Gasteiger partial charge in [0.1, 0.15) is 5.83 Å². The highest BCUT2D eigenvalue weighted by molar-refractivity contribution is 5.89. The molecule has 1 fully saturated rings. The van der Waals surface area contributed by atoms with Crippen molar-refractivity contribution in [3.8, 4) is 0 Å². The van der Waals surface area contributed by atoms with Crippen LogP contribution in [0.25, 0.3) is 0 Å². The summed E-state index contributed by atoms with van der Waals surface area (Å²) >= 11 is 0. The van der Waals surface area contributed by atoms with Gasteiger partial charge in [-0.15, -0.1) is 0 Å². The summed E-state index contributed by atoms with van der Waals surface area (Å²) < 4.78 is 13.2. The number of amides is 2. The third-order valence-electron chi connectivity index (χ3n) is 7.40. The van der Waals surface area contributed by atoms with Gasteiger partial charge < -0.3 is 10.2 Å². The number of halogens is 1. The van der Waals surface area contributed by atoms with E-state index in [-0.39, 0.29) is 17.6 Å². The Morgan fingerprint density at radius 2 is 1.66 bits per heavy atom. The summed E-state index contributed by atoms with van der Waals surface area (Å²) in [5.41, 5.74) is 3.95. The largest absolute Gasteiger partial charge is 0.355 e. The molecule has 1 N–H and O–H groups in total. The van der Waals surface area contributed by atoms with Crippen LogP contribution in [0.15, 0.2) is 78.1 Å². The van der Waals surface area contributed by atoms with Gasteiger partial charge in [0.15, 0.2) is 0 Å². The zero-order chi connectivity index (χ0) is 24.7. The molecule has 1 saturated heterocycles. The van der Waals surface area contributed by atoms with E-state index in [9.17, 15) is 14.0 Å². The van der Waals surface area contributed by atoms with Crippen molar-refractivity contribution in [2.24, 2.45) is 0 Å². The summed E-state index contributed by atoms with van der Waals surface area (Å²) in [4.78, 5) is 28.3. The highest BCUT2D eigenvalue weighted by Gasteiger charge is 2.43. The quantitative estimate of drug-likeness (QED) is 0.544. The number of benzene rings is 2. The predicted octanol–water partition coefficient (Wildman–Crippen LogP) is 5.57. The molecule has 35 heavy (non-hydrogen) atoms. The van der Waals surface area contributed by atoms with Crippen LogP contribution in [0.5, 0.6) is 0 Å². The first kappa shape index (κ1) is 24.9. The summed E-state index contributed by atoms with van der Waals surface area (Å²) in [6.07, 6.45) is 7.55. The Bertz CT molecular complexity index is 1080. The van der Waals surface area contributed by atoms with Gasteiger partial charge >= 0.3 is 0 Å². The first-order chi connectivity index (χ1) is 17.0. The molecule has 5 heteroatoms. The standard InChI is InChI=1S/C30H35FN2O2/c1-23-7-9-25(10-8-23)17-20-32-29(35)30(26-5-3-2-4-6-26)18-21-33(22-19-30)28(34)16-13-24-11-14-27(31)15-12-24/h2-11,14H,12-13,15-22H2,1H3,(H,32,35). The Kier molecular flexibility index (Phi) is 8.17. The fraction of sp³-hybridized carbons (Fsp3) is 0.400. The number of nitrogens with zero attached hydrogens (tertiary/aromatic N) is 1. The van der Waals surface area contributed by atoms with Gasteiger partial charge in [-0.1, -0.05) is 71.8 Å². The number of hydrogen-bond acceptors (Lipinski definition) is 2. The van der Waals surface area contributed by atoms with Crippen LogP contribution in [0, 0.1) is 6.92 Å². The van der Waals surface area contributed by atoms with Gasteiger partial charge in [-0.3, -0.25) is 9.59 Å². The zero-order valence-electron chi connectivity index (χ0n) is 20.6. The number of piperidine rings is 1. The number of allylic oxidation sites excluding steroid dienone is 4. The number of rotatable bonds is 8. The SMILES string of the molecule is Cc1ccc(CCNC(=O)C2(c3ccccc3)CCN(C(=O)CCC3=CC=C(F)CC3)CC2)cc1. The first-order valence-corrected chi connectivity index (χ1v) is 12.7. The predicted molar refractivity (Wildman–Crippen MR) is 138 cm³/mol. The molecule has 0 spiro atoms. The Hall–Kier alpha value is -3.21. The average molecular weight is 475 g/mol. The van der Waals surface area contributed by atoms with Crippen molar-refractivity contribution in [2.45, 2.75) is 57.3 Å². The molecule has 184 valence electrons. The van der Waals surface area contributed by atoms with Crippen molar-refractivity contribution in [1.29, 1.82) is 0 Å². The van der Waals surface area contributed by atoms with Crippen molar-refractivity contribution >= 4 is 11.8 Å². The molecule has 1 heterocycles. The topological polar surface area (TPSA) is 49.4 Å². The molecular weight excluding hydrogens is 439 g/mol. The lowest BCUT2D eigenvalue weighted by Gasteiger charge is -2.41. The molecule has 0 aromatic heterocycles. The van der Waals surface area contributed by atoms with E-state index in [4.69, 9.17) is 0 Å². The minimum absolute atomic E-state index is 0.0454. The number of carbonyl (C=O) groups excluding carboxylic acids is 2. The van der Waals surface area contributed by atoms with Crippen LogP contribution in [0.3, 0.4) is 0 Å². The van der Waals surface area contributed by atoms with Crippen LogP contribution in [0.4, 0.5) is 4.39 Å². The number of likely N-dealkylation sites (tertiary alicyclic amines) is 1. The summed E-state index contributed by atoms with van der Waals surface area (Å²) in [6.45, 7) is 3.78. The minimum Gasteiger partial charge on any atom is -0.355 e. The Morgan fingerprint density at radius 3 is 2.31 bits per heavy atom. The monoisotopic (exact) mass is 474 g/mol. The third-order valence-corrected chi connectivity index (χ3v) is 7.40. The third kappa shape index (κ3) is 6.27. The van der Waals surface area contributed by atoms with Crippen LogP contribution in [-0.2, 0) is 21.4 Å². The van der Waals surface area contributed by atoms with Crippen LogP contribution in [-0.4, -0.2) is 36.3 Å². The second-order valence-corrected chi connectivity index (χ2v) is 9.76. The highest BCUT2D eigenvalue weighted by Crippen LogP contribution is 2.36. The molecule has 4 rings (SSSR count). The molecule has 0 radical (unpaired) electrons. The number of hydrogen-bond donors (Lipinski definition) is 1. The molecule has 2 aromatic carbocycles. The Balaban J connectivity index is 1.36. The molecule has 1 aliphatic heterocycles. The first-order valence-electron chi connectivity index (χ1n) is 12.7. The van der Waals surface area contributed by atoms with Crippen molar-refractivity contribution in [2.75, 3.05) is 19.6 Å². The lowest BCUT2D eigenvalue weighted by molar-refractivity contribution is -0.136. The summed E-state index contributed by atoms with van der Waals surface area (Å²) in [6, 6.07) is 18.4. The summed E-state index contributed by atoms with van der Waals surface area (Å²) in [7, 11) is 0. The van der Waals surface area contributed by atoms with Crippen LogP contribution in [0.1, 0.15) is 55.2 Å². The second-order valence-electron chi connectivity index (χ2n) is 9.76. The maximum absolute atomic E-state index is 13.5. The van der Waals surface area contributed by atoms with Crippen LogP contribution >= 0.6 is 0 Å². The van der Waals surface area contributed by atoms with Crippen LogP contribution in [0.2, 0.25) is 0 Å². The lowest BCUT2D eigenvalue weighted by Crippen LogP contribution is -2.53. The van der Waals surface area contributed by atoms with Crippen molar-refractivity contribution in [3.63, 3.8) is 0 Å². The van der Waals surface area contributed by atoms with Gasteiger partial charge in [-0.05, 0) is 56.2 Å². The van der Waals surface area contributed by atoms with Crippen molar-refractivity contribution < 1.29 is 14.0 Å². The molecule has 0 saturated carbocycles. The van der Waals surface area contributed by atoms with E-state index in [1.807, 2.05) is 41.3 Å². The van der Waals surface area contributed by atoms with Gasteiger partial charge in [-0.25, -0.2) is 4.39 Å². The summed E-state index contributed by atoms with van der Waals surface area (Å²) in [5, 5.41) is 3.18. The molecular formula is C30H35FN2O2. The minimum atomic E-state index is -0.625. The molecule has 2 aromatic rings.